The summed E-state index contributed by atoms with van der Waals surface area (Å²) in [7, 11) is 0. The van der Waals surface area contributed by atoms with E-state index in [4.69, 9.17) is 27.9 Å². The minimum Gasteiger partial charge on any atom is -0.421 e. The van der Waals surface area contributed by atoms with E-state index in [9.17, 15) is 9.59 Å². The quantitative estimate of drug-likeness (QED) is 0.0590. The van der Waals surface area contributed by atoms with Crippen LogP contribution in [-0.2, 0) is 0 Å². The number of fused-ring (bicyclic) bond motifs is 1. The molecule has 200 valence electrons. The predicted octanol–water partition coefficient (Wildman–Crippen LogP) is 9.25. The zero-order chi connectivity index (χ0) is 28.4. The molecule has 40 heavy (non-hydrogen) atoms. The summed E-state index contributed by atoms with van der Waals surface area (Å²) < 4.78 is 7.91. The molecule has 1 aromatic heterocycles. The van der Waals surface area contributed by atoms with Gasteiger partial charge in [-0.1, -0.05) is 57.3 Å². The van der Waals surface area contributed by atoms with Gasteiger partial charge in [-0.05, 0) is 99.2 Å². The fourth-order valence-electron chi connectivity index (χ4n) is 4.02. The summed E-state index contributed by atoms with van der Waals surface area (Å²) >= 11 is 21.6. The van der Waals surface area contributed by atoms with Crippen LogP contribution in [0.15, 0.2) is 92.9 Å². The van der Waals surface area contributed by atoms with Crippen LogP contribution in [0.2, 0.25) is 10.0 Å². The van der Waals surface area contributed by atoms with Crippen molar-refractivity contribution < 1.29 is 14.3 Å². The van der Waals surface area contributed by atoms with Crippen LogP contribution >= 0.6 is 77.7 Å². The zero-order valence-electron chi connectivity index (χ0n) is 20.1. The highest BCUT2D eigenvalue weighted by atomic mass is 127. The molecule has 1 heterocycles. The van der Waals surface area contributed by atoms with Crippen molar-refractivity contribution in [2.45, 2.75) is 0 Å². The summed E-state index contributed by atoms with van der Waals surface area (Å²) in [6.45, 7) is 0. The van der Waals surface area contributed by atoms with Gasteiger partial charge in [0.2, 0.25) is 0 Å². The summed E-state index contributed by atoms with van der Waals surface area (Å²) in [6.07, 6.45) is 1.40. The van der Waals surface area contributed by atoms with Crippen molar-refractivity contribution in [2.75, 3.05) is 0 Å². The van der Waals surface area contributed by atoms with Gasteiger partial charge in [0.05, 0.1) is 16.3 Å². The highest BCUT2D eigenvalue weighted by molar-refractivity contribution is 14.1. The first kappa shape index (κ1) is 28.8. The van der Waals surface area contributed by atoms with Gasteiger partial charge >= 0.3 is 5.97 Å². The Morgan fingerprint density at radius 1 is 0.975 bits per heavy atom. The van der Waals surface area contributed by atoms with Gasteiger partial charge in [0.1, 0.15) is 5.69 Å². The molecule has 4 aromatic carbocycles. The van der Waals surface area contributed by atoms with Crippen LogP contribution in [0.1, 0.15) is 26.4 Å². The van der Waals surface area contributed by atoms with Crippen molar-refractivity contribution in [3.05, 3.63) is 118 Å². The van der Waals surface area contributed by atoms with Crippen molar-refractivity contribution in [3.63, 3.8) is 0 Å². The number of carbonyl (C=O) groups excluding carboxylic acids is 2. The van der Waals surface area contributed by atoms with Crippen molar-refractivity contribution in [1.29, 1.82) is 0 Å². The first-order valence-electron chi connectivity index (χ1n) is 11.6. The Labute approximate surface area is 269 Å². The van der Waals surface area contributed by atoms with Gasteiger partial charge in [-0.3, -0.25) is 4.79 Å². The highest BCUT2D eigenvalue weighted by Crippen LogP contribution is 2.37. The number of rotatable bonds is 6. The molecule has 0 aliphatic rings. The molecule has 0 saturated carbocycles. The van der Waals surface area contributed by atoms with E-state index in [0.717, 1.165) is 20.0 Å². The molecule has 5 aromatic rings. The lowest BCUT2D eigenvalue weighted by molar-refractivity contribution is 0.0733. The van der Waals surface area contributed by atoms with Gasteiger partial charge in [-0.15, -0.1) is 0 Å². The second-order valence-electron chi connectivity index (χ2n) is 8.45. The normalized spacial score (nSPS) is 11.2. The van der Waals surface area contributed by atoms with Crippen molar-refractivity contribution in [1.82, 2.24) is 10.4 Å². The third kappa shape index (κ3) is 6.28. The molecule has 5 rings (SSSR count). The smallest absolute Gasteiger partial charge is 0.343 e. The molecule has 6 nitrogen and oxygen atoms in total. The van der Waals surface area contributed by atoms with Gasteiger partial charge in [0.25, 0.3) is 5.91 Å². The summed E-state index contributed by atoms with van der Waals surface area (Å²) in [5.74, 6) is -0.806. The molecule has 2 N–H and O–H groups in total. The van der Waals surface area contributed by atoms with Crippen LogP contribution in [0.25, 0.3) is 22.0 Å². The van der Waals surface area contributed by atoms with Crippen molar-refractivity contribution in [3.8, 4) is 16.9 Å². The second kappa shape index (κ2) is 12.4. The van der Waals surface area contributed by atoms with E-state index in [2.05, 4.69) is 70.0 Å². The molecule has 0 aliphatic heterocycles. The molecule has 0 aliphatic carbocycles. The predicted molar refractivity (Wildman–Crippen MR) is 175 cm³/mol. The van der Waals surface area contributed by atoms with E-state index >= 15 is 0 Å². The largest absolute Gasteiger partial charge is 0.421 e. The van der Waals surface area contributed by atoms with Crippen LogP contribution in [0, 0.1) is 3.57 Å². The van der Waals surface area contributed by atoms with Crippen LogP contribution in [-0.4, -0.2) is 23.1 Å². The Balaban J connectivity index is 1.45. The number of halogens is 5. The minimum atomic E-state index is -0.574. The summed E-state index contributed by atoms with van der Waals surface area (Å²) in [5.41, 5.74) is 5.85. The Morgan fingerprint density at radius 3 is 2.48 bits per heavy atom. The van der Waals surface area contributed by atoms with Crippen molar-refractivity contribution >= 4 is 107 Å². The monoisotopic (exact) mass is 809 g/mol. The number of nitrogens with zero attached hydrogens (tertiary/aromatic N) is 1. The maximum Gasteiger partial charge on any atom is 0.343 e. The topological polar surface area (TPSA) is 83.5 Å². The molecule has 11 heteroatoms. The van der Waals surface area contributed by atoms with E-state index < -0.39 is 11.9 Å². The van der Waals surface area contributed by atoms with Crippen LogP contribution in [0.3, 0.4) is 0 Å². The number of esters is 1. The van der Waals surface area contributed by atoms with Gasteiger partial charge in [0.15, 0.2) is 5.75 Å². The SMILES string of the molecule is O=C(Oc1c(Br)cc(Br)cc1C=NNC(=O)c1[nH]c2ccc(I)cc2c1-c1ccccc1Cl)c1ccc(Cl)cc1. The van der Waals surface area contributed by atoms with Crippen LogP contribution in [0.5, 0.6) is 5.75 Å². The van der Waals surface area contributed by atoms with Gasteiger partial charge in [-0.25, -0.2) is 10.2 Å². The fourth-order valence-corrected chi connectivity index (χ4v) is 6.20. The number of hydrogen-bond donors (Lipinski definition) is 2. The lowest BCUT2D eigenvalue weighted by Gasteiger charge is -2.11. The average Bonchev–Trinajstić information content (AvgIpc) is 3.29. The molecule has 1 amide bonds. The number of carbonyl (C=O) groups is 2. The number of amides is 1. The molecule has 0 unspecified atom stereocenters. The van der Waals surface area contributed by atoms with Gasteiger partial charge in [-0.2, -0.15) is 5.10 Å². The standard InChI is InChI=1S/C29H16Br2Cl2IN3O3/c30-17-11-16(27(22(31)12-17)40-29(39)15-5-7-18(32)8-6-15)14-35-37-28(38)26-25(20-3-1-2-4-23(20)33)21-13-19(34)9-10-24(21)36-26/h1-14,36H,(H,37,38). The van der Waals surface area contributed by atoms with E-state index in [1.165, 1.54) is 6.21 Å². The van der Waals surface area contributed by atoms with E-state index in [0.29, 0.717) is 41.4 Å². The third-order valence-corrected chi connectivity index (χ3v) is 8.11. The van der Waals surface area contributed by atoms with Gasteiger partial charge < -0.3 is 9.72 Å². The maximum atomic E-state index is 13.4. The lowest BCUT2D eigenvalue weighted by atomic mass is 10.0. The summed E-state index contributed by atoms with van der Waals surface area (Å²) in [6, 6.07) is 23.0. The maximum absolute atomic E-state index is 13.4. The Kier molecular flexibility index (Phi) is 8.96. The van der Waals surface area contributed by atoms with E-state index in [1.54, 1.807) is 42.5 Å². The second-order valence-corrected chi connectivity index (χ2v) is 12.3. The summed E-state index contributed by atoms with van der Waals surface area (Å²) in [5, 5.41) is 6.06. The molecule has 0 fully saturated rings. The number of nitrogens with one attached hydrogen (secondary N) is 2. The molecule has 0 bridgehead atoms. The number of aromatic nitrogens is 1. The molecular formula is C29H16Br2Cl2IN3O3. The first-order chi connectivity index (χ1) is 19.2. The minimum absolute atomic E-state index is 0.234. The lowest BCUT2D eigenvalue weighted by Crippen LogP contribution is -2.19. The zero-order valence-corrected chi connectivity index (χ0v) is 27.0. The molecule has 0 spiro atoms. The third-order valence-electron chi connectivity index (χ3n) is 5.81. The number of aromatic amines is 1. The van der Waals surface area contributed by atoms with Crippen LogP contribution < -0.4 is 10.2 Å². The highest BCUT2D eigenvalue weighted by Gasteiger charge is 2.21. The first-order valence-corrected chi connectivity index (χ1v) is 15.0. The molecular weight excluding hydrogens is 796 g/mol. The van der Waals surface area contributed by atoms with Crippen LogP contribution in [0.4, 0.5) is 0 Å². The number of hydrogen-bond acceptors (Lipinski definition) is 4. The molecule has 0 atom stereocenters. The Bertz CT molecular complexity index is 1810. The van der Waals surface area contributed by atoms with Crippen molar-refractivity contribution in [2.24, 2.45) is 5.10 Å². The van der Waals surface area contributed by atoms with E-state index in [1.807, 2.05) is 36.4 Å². The fraction of sp³-hybridized carbons (Fsp3) is 0. The number of benzene rings is 4. The number of H-pyrrole nitrogens is 1. The van der Waals surface area contributed by atoms with Gasteiger partial charge in [0, 0.05) is 45.7 Å². The number of ether oxygens (including phenoxy) is 1. The summed E-state index contributed by atoms with van der Waals surface area (Å²) in [4.78, 5) is 29.4. The number of hydrazone groups is 1. The molecule has 0 radical (unpaired) electrons. The van der Waals surface area contributed by atoms with E-state index in [-0.39, 0.29) is 5.75 Å². The Morgan fingerprint density at radius 2 is 1.73 bits per heavy atom. The Hall–Kier alpha value is -2.70. The molecule has 0 saturated heterocycles. The average molecular weight is 812 g/mol.